The maximum absolute atomic E-state index is 11.0. The summed E-state index contributed by atoms with van der Waals surface area (Å²) < 4.78 is 0. The molecule has 0 spiro atoms. The monoisotopic (exact) mass is 256 g/mol. The van der Waals surface area contributed by atoms with Crippen LogP contribution in [-0.4, -0.2) is 11.1 Å². The summed E-state index contributed by atoms with van der Waals surface area (Å²) in [5.74, 6) is -1.06. The first kappa shape index (κ1) is 12.6. The highest BCUT2D eigenvalue weighted by molar-refractivity contribution is 5.93. The van der Waals surface area contributed by atoms with Crippen molar-refractivity contribution in [1.29, 1.82) is 0 Å². The lowest BCUT2D eigenvalue weighted by molar-refractivity contribution is 0.0698. The van der Waals surface area contributed by atoms with Gasteiger partial charge in [0, 0.05) is 5.69 Å². The molecule has 0 aliphatic heterocycles. The highest BCUT2D eigenvalue weighted by atomic mass is 16.4. The van der Waals surface area contributed by atoms with Gasteiger partial charge in [-0.3, -0.25) is 0 Å². The average Bonchev–Trinajstić information content (AvgIpc) is 2.38. The molecular weight excluding hydrogens is 244 g/mol. The third-order valence-electron chi connectivity index (χ3n) is 2.45. The van der Waals surface area contributed by atoms with E-state index in [-0.39, 0.29) is 11.3 Å². The number of nitrogen functional groups attached to an aromatic ring is 2. The first-order valence-corrected chi connectivity index (χ1v) is 5.47. The molecule has 0 saturated carbocycles. The van der Waals surface area contributed by atoms with E-state index in [1.807, 2.05) is 0 Å². The first-order valence-electron chi connectivity index (χ1n) is 5.47. The molecular formula is C13H12N4O2. The Kier molecular flexibility index (Phi) is 3.42. The van der Waals surface area contributed by atoms with Crippen molar-refractivity contribution < 1.29 is 9.90 Å². The smallest absolute Gasteiger partial charge is 0.337 e. The van der Waals surface area contributed by atoms with E-state index >= 15 is 0 Å². The molecule has 0 aliphatic carbocycles. The molecule has 0 saturated heterocycles. The van der Waals surface area contributed by atoms with E-state index in [2.05, 4.69) is 10.2 Å². The van der Waals surface area contributed by atoms with Crippen LogP contribution >= 0.6 is 0 Å². The maximum Gasteiger partial charge on any atom is 0.337 e. The van der Waals surface area contributed by atoms with Gasteiger partial charge in [-0.1, -0.05) is 12.1 Å². The SMILES string of the molecule is Nc1ccc(N=Nc2ccccc2C(=O)O)c(N)c1. The van der Waals surface area contributed by atoms with Crippen LogP contribution < -0.4 is 11.5 Å². The lowest BCUT2D eigenvalue weighted by atomic mass is 10.2. The highest BCUT2D eigenvalue weighted by Gasteiger charge is 2.08. The van der Waals surface area contributed by atoms with Crippen molar-refractivity contribution in [2.45, 2.75) is 0 Å². The minimum absolute atomic E-state index is 0.0836. The van der Waals surface area contributed by atoms with Crippen LogP contribution in [0.25, 0.3) is 0 Å². The Bertz CT molecular complexity index is 653. The molecule has 2 aromatic carbocycles. The molecule has 6 heteroatoms. The van der Waals surface area contributed by atoms with Gasteiger partial charge in [-0.05, 0) is 30.3 Å². The number of carboxylic acids is 1. The van der Waals surface area contributed by atoms with Crippen LogP contribution in [0.3, 0.4) is 0 Å². The van der Waals surface area contributed by atoms with Gasteiger partial charge in [0.2, 0.25) is 0 Å². The standard InChI is InChI=1S/C13H12N4O2/c14-8-5-6-12(10(15)7-8)17-16-11-4-2-1-3-9(11)13(18)19/h1-7H,14-15H2,(H,18,19). The number of anilines is 2. The van der Waals surface area contributed by atoms with Gasteiger partial charge in [-0.25, -0.2) is 4.79 Å². The van der Waals surface area contributed by atoms with Gasteiger partial charge in [-0.2, -0.15) is 0 Å². The third kappa shape index (κ3) is 2.86. The second-order valence-electron chi connectivity index (χ2n) is 3.84. The molecule has 5 N–H and O–H groups in total. The fraction of sp³-hybridized carbons (Fsp3) is 0. The lowest BCUT2D eigenvalue weighted by Crippen LogP contribution is -1.95. The second-order valence-corrected chi connectivity index (χ2v) is 3.84. The van der Waals surface area contributed by atoms with Crippen LogP contribution in [-0.2, 0) is 0 Å². The minimum Gasteiger partial charge on any atom is -0.478 e. The summed E-state index contributed by atoms with van der Waals surface area (Å²) in [6.45, 7) is 0. The highest BCUT2D eigenvalue weighted by Crippen LogP contribution is 2.27. The number of hydrogen-bond donors (Lipinski definition) is 3. The number of rotatable bonds is 3. The largest absolute Gasteiger partial charge is 0.478 e. The number of nitrogens with zero attached hydrogens (tertiary/aromatic N) is 2. The fourth-order valence-electron chi connectivity index (χ4n) is 1.51. The molecule has 0 aromatic heterocycles. The molecule has 19 heavy (non-hydrogen) atoms. The summed E-state index contributed by atoms with van der Waals surface area (Å²) >= 11 is 0. The number of benzene rings is 2. The number of aromatic carboxylic acids is 1. The molecule has 0 heterocycles. The first-order chi connectivity index (χ1) is 9.08. The molecule has 0 aliphatic rings. The van der Waals surface area contributed by atoms with Crippen molar-refractivity contribution in [3.8, 4) is 0 Å². The number of nitrogens with two attached hydrogens (primary N) is 2. The van der Waals surface area contributed by atoms with E-state index in [0.29, 0.717) is 17.1 Å². The van der Waals surface area contributed by atoms with E-state index in [4.69, 9.17) is 16.6 Å². The third-order valence-corrected chi connectivity index (χ3v) is 2.45. The minimum atomic E-state index is -1.06. The zero-order valence-corrected chi connectivity index (χ0v) is 9.95. The maximum atomic E-state index is 11.0. The van der Waals surface area contributed by atoms with Crippen molar-refractivity contribution in [2.75, 3.05) is 11.5 Å². The Labute approximate surface area is 109 Å². The van der Waals surface area contributed by atoms with Crippen molar-refractivity contribution in [3.63, 3.8) is 0 Å². The van der Waals surface area contributed by atoms with Crippen molar-refractivity contribution in [3.05, 3.63) is 48.0 Å². The molecule has 0 radical (unpaired) electrons. The Morgan fingerprint density at radius 2 is 1.68 bits per heavy atom. The number of carboxylic acid groups (broad SMARTS) is 1. The number of carbonyl (C=O) groups is 1. The summed E-state index contributed by atoms with van der Waals surface area (Å²) in [4.78, 5) is 11.0. The summed E-state index contributed by atoms with van der Waals surface area (Å²) in [6.07, 6.45) is 0. The Balaban J connectivity index is 2.35. The average molecular weight is 256 g/mol. The molecule has 2 aromatic rings. The fourth-order valence-corrected chi connectivity index (χ4v) is 1.51. The molecule has 0 amide bonds. The van der Waals surface area contributed by atoms with E-state index in [1.54, 1.807) is 36.4 Å². The normalized spacial score (nSPS) is 10.7. The van der Waals surface area contributed by atoms with Gasteiger partial charge in [0.05, 0.1) is 11.3 Å². The van der Waals surface area contributed by atoms with Crippen LogP contribution in [0.1, 0.15) is 10.4 Å². The van der Waals surface area contributed by atoms with Crippen molar-refractivity contribution >= 4 is 28.7 Å². The van der Waals surface area contributed by atoms with Gasteiger partial charge < -0.3 is 16.6 Å². The topological polar surface area (TPSA) is 114 Å². The van der Waals surface area contributed by atoms with Gasteiger partial charge >= 0.3 is 5.97 Å². The quantitative estimate of drug-likeness (QED) is 0.578. The predicted octanol–water partition coefficient (Wildman–Crippen LogP) is 2.96. The van der Waals surface area contributed by atoms with E-state index in [1.165, 1.54) is 6.07 Å². The van der Waals surface area contributed by atoms with E-state index in [9.17, 15) is 4.79 Å². The van der Waals surface area contributed by atoms with Gasteiger partial charge in [0.15, 0.2) is 0 Å². The summed E-state index contributed by atoms with van der Waals surface area (Å²) in [6, 6.07) is 11.2. The van der Waals surface area contributed by atoms with E-state index in [0.717, 1.165) is 0 Å². The Morgan fingerprint density at radius 3 is 2.37 bits per heavy atom. The second kappa shape index (κ2) is 5.18. The molecule has 6 nitrogen and oxygen atoms in total. The van der Waals surface area contributed by atoms with E-state index < -0.39 is 5.97 Å². The van der Waals surface area contributed by atoms with Crippen LogP contribution in [0.2, 0.25) is 0 Å². The zero-order chi connectivity index (χ0) is 13.8. The number of hydrogen-bond acceptors (Lipinski definition) is 5. The molecule has 2 rings (SSSR count). The van der Waals surface area contributed by atoms with Crippen LogP contribution in [0.5, 0.6) is 0 Å². The Morgan fingerprint density at radius 1 is 1.00 bits per heavy atom. The van der Waals surface area contributed by atoms with Gasteiger partial charge in [0.1, 0.15) is 11.4 Å². The predicted molar refractivity (Wildman–Crippen MR) is 72.8 cm³/mol. The van der Waals surface area contributed by atoms with Crippen molar-refractivity contribution in [2.24, 2.45) is 10.2 Å². The molecule has 0 atom stereocenters. The summed E-state index contributed by atoms with van der Waals surface area (Å²) in [5.41, 5.74) is 13.0. The van der Waals surface area contributed by atoms with Crippen LogP contribution in [0, 0.1) is 0 Å². The van der Waals surface area contributed by atoms with Crippen LogP contribution in [0.15, 0.2) is 52.7 Å². The molecule has 0 bridgehead atoms. The molecule has 0 fully saturated rings. The van der Waals surface area contributed by atoms with Crippen molar-refractivity contribution in [1.82, 2.24) is 0 Å². The summed E-state index contributed by atoms with van der Waals surface area (Å²) in [5, 5.41) is 16.9. The summed E-state index contributed by atoms with van der Waals surface area (Å²) in [7, 11) is 0. The Hall–Kier alpha value is -2.89. The lowest BCUT2D eigenvalue weighted by Gasteiger charge is -2.01. The van der Waals surface area contributed by atoms with Crippen LogP contribution in [0.4, 0.5) is 22.7 Å². The van der Waals surface area contributed by atoms with Gasteiger partial charge in [0.25, 0.3) is 0 Å². The zero-order valence-electron chi connectivity index (χ0n) is 9.95. The van der Waals surface area contributed by atoms with Gasteiger partial charge in [-0.15, -0.1) is 10.2 Å². The molecule has 96 valence electrons. The number of azo groups is 1. The molecule has 0 unspecified atom stereocenters.